The highest BCUT2D eigenvalue weighted by molar-refractivity contribution is 5.83. The Kier molecular flexibility index (Phi) is 7.32. The summed E-state index contributed by atoms with van der Waals surface area (Å²) in [5, 5.41) is 31.2. The van der Waals surface area contributed by atoms with E-state index in [0.29, 0.717) is 11.4 Å². The van der Waals surface area contributed by atoms with E-state index in [9.17, 15) is 5.11 Å². The molecule has 1 aliphatic rings. The van der Waals surface area contributed by atoms with Crippen LogP contribution in [0.5, 0.6) is 5.75 Å². The van der Waals surface area contributed by atoms with Crippen molar-refractivity contribution in [3.8, 4) is 17.1 Å². The number of hydrogen-bond acceptors (Lipinski definition) is 5. The van der Waals surface area contributed by atoms with Crippen LogP contribution in [-0.4, -0.2) is 35.1 Å². The third-order valence-electron chi connectivity index (χ3n) is 9.18. The minimum absolute atomic E-state index is 0.0604. The molecule has 1 aliphatic heterocycles. The predicted octanol–water partition coefficient (Wildman–Crippen LogP) is 8.48. The molecule has 6 bridgehead atoms. The van der Waals surface area contributed by atoms with Gasteiger partial charge in [0, 0.05) is 0 Å². The van der Waals surface area contributed by atoms with Gasteiger partial charge in [0.25, 0.3) is 0 Å². The molecule has 2 aromatic heterocycles. The van der Waals surface area contributed by atoms with E-state index in [2.05, 4.69) is 65.8 Å². The zero-order valence-corrected chi connectivity index (χ0v) is 26.0. The lowest BCUT2D eigenvalue weighted by Crippen LogP contribution is -2.19. The Morgan fingerprint density at radius 2 is 1.21 bits per heavy atom. The highest BCUT2D eigenvalue weighted by atomic mass is 16.3. The van der Waals surface area contributed by atoms with Gasteiger partial charge in [0.15, 0.2) is 5.69 Å². The molecular formula is C35H44N6O. The third-order valence-corrected chi connectivity index (χ3v) is 9.18. The molecule has 6 rings (SSSR count). The van der Waals surface area contributed by atoms with E-state index in [1.54, 1.807) is 15.7 Å². The summed E-state index contributed by atoms with van der Waals surface area (Å²) in [6, 6.07) is 14.5. The van der Waals surface area contributed by atoms with E-state index in [1.807, 2.05) is 12.1 Å². The van der Waals surface area contributed by atoms with Crippen molar-refractivity contribution in [3.63, 3.8) is 0 Å². The first-order valence-corrected chi connectivity index (χ1v) is 15.7. The number of benzene rings is 3. The van der Waals surface area contributed by atoms with Gasteiger partial charge in [-0.3, -0.25) is 0 Å². The van der Waals surface area contributed by atoms with Gasteiger partial charge in [0.2, 0.25) is 0 Å². The molecule has 7 nitrogen and oxygen atoms in total. The van der Waals surface area contributed by atoms with Gasteiger partial charge < -0.3 is 5.11 Å². The van der Waals surface area contributed by atoms with E-state index >= 15 is 0 Å². The average Bonchev–Trinajstić information content (AvgIpc) is 3.56. The van der Waals surface area contributed by atoms with E-state index < -0.39 is 0 Å². The number of rotatable bonds is 10. The molecule has 1 N–H and O–H groups in total. The Bertz CT molecular complexity index is 1760. The van der Waals surface area contributed by atoms with Crippen molar-refractivity contribution in [3.05, 3.63) is 64.7 Å². The molecular weight excluding hydrogens is 520 g/mol. The Balaban J connectivity index is 1.62. The van der Waals surface area contributed by atoms with Crippen LogP contribution < -0.4 is 0 Å². The molecule has 0 radical (unpaired) electrons. The normalized spacial score (nSPS) is 13.3. The van der Waals surface area contributed by atoms with Crippen LogP contribution >= 0.6 is 0 Å². The minimum Gasteiger partial charge on any atom is -0.506 e. The van der Waals surface area contributed by atoms with Crippen LogP contribution in [0.4, 0.5) is 0 Å². The second-order valence-corrected chi connectivity index (χ2v) is 13.5. The Morgan fingerprint density at radius 1 is 0.690 bits per heavy atom. The van der Waals surface area contributed by atoms with Crippen LogP contribution in [0.3, 0.4) is 0 Å². The lowest BCUT2D eigenvalue weighted by molar-refractivity contribution is 0.452. The van der Waals surface area contributed by atoms with E-state index in [1.165, 1.54) is 60.8 Å². The topological polar surface area (TPSA) is 81.6 Å². The summed E-state index contributed by atoms with van der Waals surface area (Å²) < 4.78 is 0. The largest absolute Gasteiger partial charge is 0.506 e. The third kappa shape index (κ3) is 5.07. The van der Waals surface area contributed by atoms with Gasteiger partial charge in [0.1, 0.15) is 33.5 Å². The number of phenols is 1. The van der Waals surface area contributed by atoms with Gasteiger partial charge in [0.05, 0.1) is 0 Å². The van der Waals surface area contributed by atoms with Crippen LogP contribution in [0.25, 0.3) is 33.4 Å². The fourth-order valence-electron chi connectivity index (χ4n) is 6.62. The first-order valence-electron chi connectivity index (χ1n) is 15.7. The second-order valence-electron chi connectivity index (χ2n) is 13.5. The molecule has 0 saturated carbocycles. The van der Waals surface area contributed by atoms with Crippen molar-refractivity contribution >= 4 is 22.1 Å². The fourth-order valence-corrected chi connectivity index (χ4v) is 6.62. The van der Waals surface area contributed by atoms with Gasteiger partial charge in [-0.05, 0) is 76.6 Å². The molecule has 0 atom stereocenters. The van der Waals surface area contributed by atoms with Crippen molar-refractivity contribution in [1.82, 2.24) is 30.0 Å². The number of aromatic hydroxyl groups is 1. The zero-order valence-electron chi connectivity index (χ0n) is 26.0. The lowest BCUT2D eigenvalue weighted by atomic mass is 9.77. The van der Waals surface area contributed by atoms with Crippen molar-refractivity contribution in [2.75, 3.05) is 0 Å². The van der Waals surface area contributed by atoms with Crippen LogP contribution in [-0.2, 0) is 17.3 Å². The van der Waals surface area contributed by atoms with Crippen molar-refractivity contribution in [2.45, 2.75) is 110 Å². The number of para-hydroxylation sites is 1. The number of hydrogen-bond donors (Lipinski definition) is 1. The van der Waals surface area contributed by atoms with Gasteiger partial charge in [-0.1, -0.05) is 98.3 Å². The van der Waals surface area contributed by atoms with Gasteiger partial charge in [-0.25, -0.2) is 0 Å². The van der Waals surface area contributed by atoms with Gasteiger partial charge >= 0.3 is 0 Å². The molecule has 3 aromatic carbocycles. The second kappa shape index (κ2) is 10.8. The number of unbranched alkanes of at least 4 members (excludes halogenated alkanes) is 4. The lowest BCUT2D eigenvalue weighted by Gasteiger charge is -2.27. The number of aromatic nitrogens is 6. The molecule has 3 heterocycles. The van der Waals surface area contributed by atoms with E-state index in [4.69, 9.17) is 20.4 Å². The van der Waals surface area contributed by atoms with Gasteiger partial charge in [-0.2, -0.15) is 0 Å². The molecule has 0 fully saturated rings. The Hall–Kier alpha value is -3.74. The molecule has 0 aliphatic carbocycles. The van der Waals surface area contributed by atoms with Crippen LogP contribution in [0.1, 0.15) is 115 Å². The molecule has 0 amide bonds. The van der Waals surface area contributed by atoms with Gasteiger partial charge in [-0.15, -0.1) is 30.0 Å². The number of phenolic OH excluding ortho intramolecular Hbond substituents is 1. The molecule has 42 heavy (non-hydrogen) atoms. The summed E-state index contributed by atoms with van der Waals surface area (Å²) >= 11 is 0. The first kappa shape index (κ1) is 28.4. The number of nitrogens with zero attached hydrogens (tertiary/aromatic N) is 6. The monoisotopic (exact) mass is 564 g/mol. The molecule has 0 saturated heterocycles. The first-order chi connectivity index (χ1) is 20.1. The summed E-state index contributed by atoms with van der Waals surface area (Å²) in [5.41, 5.74) is 9.38. The maximum atomic E-state index is 11.2. The van der Waals surface area contributed by atoms with Crippen LogP contribution in [0.15, 0.2) is 42.5 Å². The smallest absolute Gasteiger partial charge is 0.155 e. The van der Waals surface area contributed by atoms with Crippen LogP contribution in [0, 0.1) is 0 Å². The molecule has 7 heteroatoms. The predicted molar refractivity (Wildman–Crippen MR) is 170 cm³/mol. The Labute approximate surface area is 248 Å². The summed E-state index contributed by atoms with van der Waals surface area (Å²) in [6.45, 7) is 13.8. The number of fused-ring (bicyclic) bond motifs is 7. The highest BCUT2D eigenvalue weighted by Crippen LogP contribution is 2.39. The fraction of sp³-hybridized carbons (Fsp3) is 0.486. The maximum absolute atomic E-state index is 11.2. The SMILES string of the molecule is CCCCCC(C)(C)c1cc2cc3nn(nc13)-c1cccc(O)c1-n1nc3cc(cc(C(C)(C)CCCCC)c3n1)C2. The summed E-state index contributed by atoms with van der Waals surface area (Å²) in [4.78, 5) is 3.23. The quantitative estimate of drug-likeness (QED) is 0.169. The Morgan fingerprint density at radius 3 is 1.76 bits per heavy atom. The highest BCUT2D eigenvalue weighted by Gasteiger charge is 2.29. The molecule has 0 unspecified atom stereocenters. The average molecular weight is 565 g/mol. The standard InChI is InChI=1S/C35H44N6O/c1-7-9-11-16-34(3,4)25-19-23-18-24-20-26(35(5,6)17-12-10-8-2)32-28(22-24)37-41(39-32)33-29(14-13-15-30(33)42)40-36-27(21-23)31(25)38-40/h13-15,19-22,42H,7-12,16-18H2,1-6H3. The maximum Gasteiger partial charge on any atom is 0.155 e. The van der Waals surface area contributed by atoms with Crippen molar-refractivity contribution < 1.29 is 5.11 Å². The van der Waals surface area contributed by atoms with E-state index in [0.717, 1.165) is 41.3 Å². The van der Waals surface area contributed by atoms with E-state index in [-0.39, 0.29) is 16.6 Å². The van der Waals surface area contributed by atoms with Crippen molar-refractivity contribution in [1.29, 1.82) is 0 Å². The molecule has 220 valence electrons. The summed E-state index contributed by atoms with van der Waals surface area (Å²) in [5.74, 6) is 0.0915. The minimum atomic E-state index is -0.0744. The van der Waals surface area contributed by atoms with Crippen molar-refractivity contribution in [2.24, 2.45) is 0 Å². The molecule has 0 spiro atoms. The summed E-state index contributed by atoms with van der Waals surface area (Å²) in [6.07, 6.45) is 10.1. The summed E-state index contributed by atoms with van der Waals surface area (Å²) in [7, 11) is 0. The zero-order chi connectivity index (χ0) is 29.6. The van der Waals surface area contributed by atoms with Crippen LogP contribution in [0.2, 0.25) is 0 Å². The molecule has 5 aromatic rings.